The average molecular weight is 420 g/mol. The van der Waals surface area contributed by atoms with E-state index in [1.54, 1.807) is 11.8 Å². The summed E-state index contributed by atoms with van der Waals surface area (Å²) in [6, 6.07) is 24.4. The summed E-state index contributed by atoms with van der Waals surface area (Å²) in [4.78, 5) is 13.6. The number of hydrogen-bond acceptors (Lipinski definition) is 3. The number of rotatable bonds is 9. The highest BCUT2D eigenvalue weighted by atomic mass is 32.2. The molecule has 3 aromatic carbocycles. The summed E-state index contributed by atoms with van der Waals surface area (Å²) in [5.74, 6) is 2.10. The molecule has 0 saturated carbocycles. The third kappa shape index (κ3) is 6.39. The number of nitrogens with one attached hydrogen (secondary N) is 1. The zero-order chi connectivity index (χ0) is 21.3. The molecule has 30 heavy (non-hydrogen) atoms. The van der Waals surface area contributed by atoms with E-state index in [2.05, 4.69) is 56.4 Å². The number of carbonyl (C=O) groups is 1. The van der Waals surface area contributed by atoms with Crippen LogP contribution in [0.4, 0.5) is 0 Å². The van der Waals surface area contributed by atoms with Gasteiger partial charge in [-0.25, -0.2) is 0 Å². The first-order valence-corrected chi connectivity index (χ1v) is 11.3. The zero-order valence-electron chi connectivity index (χ0n) is 17.9. The maximum Gasteiger partial charge on any atom is 0.251 e. The molecule has 0 fully saturated rings. The average Bonchev–Trinajstić information content (AvgIpc) is 2.76. The van der Waals surface area contributed by atoms with Gasteiger partial charge in [0.15, 0.2) is 0 Å². The van der Waals surface area contributed by atoms with Gasteiger partial charge in [0.25, 0.3) is 5.91 Å². The van der Waals surface area contributed by atoms with Crippen LogP contribution in [0.3, 0.4) is 0 Å². The first kappa shape index (κ1) is 22.0. The summed E-state index contributed by atoms with van der Waals surface area (Å²) in [6.45, 7) is 7.30. The van der Waals surface area contributed by atoms with Gasteiger partial charge in [0.1, 0.15) is 12.4 Å². The Morgan fingerprint density at radius 1 is 0.967 bits per heavy atom. The lowest BCUT2D eigenvalue weighted by Gasteiger charge is -2.14. The molecule has 3 aromatic rings. The Morgan fingerprint density at radius 3 is 2.37 bits per heavy atom. The number of hydrogen-bond donors (Lipinski definition) is 1. The first-order chi connectivity index (χ1) is 14.5. The molecule has 0 radical (unpaired) electrons. The van der Waals surface area contributed by atoms with Crippen LogP contribution in [0.25, 0.3) is 0 Å². The minimum atomic E-state index is -0.0755. The number of ether oxygens (including phenoxy) is 1. The molecule has 1 amide bonds. The fourth-order valence-corrected chi connectivity index (χ4v) is 3.92. The fourth-order valence-electron chi connectivity index (χ4n) is 3.07. The fraction of sp³-hybridized carbons (Fsp3) is 0.269. The number of carbonyl (C=O) groups excluding carboxylic acids is 1. The molecule has 0 spiro atoms. The monoisotopic (exact) mass is 419 g/mol. The van der Waals surface area contributed by atoms with Crippen LogP contribution in [0, 0.1) is 6.92 Å². The molecule has 0 aliphatic heterocycles. The number of thioether (sulfide) groups is 1. The van der Waals surface area contributed by atoms with Gasteiger partial charge in [0.2, 0.25) is 0 Å². The largest absolute Gasteiger partial charge is 0.491 e. The van der Waals surface area contributed by atoms with Crippen LogP contribution in [0.1, 0.15) is 46.8 Å². The molecule has 0 aromatic heterocycles. The summed E-state index contributed by atoms with van der Waals surface area (Å²) in [7, 11) is 0. The lowest BCUT2D eigenvalue weighted by Crippen LogP contribution is -2.28. The SMILES string of the molecule is Cc1ccc(SCc2ccc(C(=O)NCCOc3ccccc3C(C)C)cc2)cc1. The highest BCUT2D eigenvalue weighted by molar-refractivity contribution is 7.98. The molecule has 0 aliphatic carbocycles. The van der Waals surface area contributed by atoms with Crippen LogP contribution in [0.15, 0.2) is 77.7 Å². The molecule has 1 N–H and O–H groups in total. The molecule has 0 unspecified atom stereocenters. The van der Waals surface area contributed by atoms with E-state index >= 15 is 0 Å². The van der Waals surface area contributed by atoms with E-state index < -0.39 is 0 Å². The van der Waals surface area contributed by atoms with Crippen molar-refractivity contribution >= 4 is 17.7 Å². The summed E-state index contributed by atoms with van der Waals surface area (Å²) >= 11 is 1.80. The van der Waals surface area contributed by atoms with Crippen LogP contribution < -0.4 is 10.1 Å². The number of para-hydroxylation sites is 1. The van der Waals surface area contributed by atoms with E-state index in [0.29, 0.717) is 24.6 Å². The minimum absolute atomic E-state index is 0.0755. The van der Waals surface area contributed by atoms with Crippen molar-refractivity contribution in [3.63, 3.8) is 0 Å². The smallest absolute Gasteiger partial charge is 0.251 e. The third-order valence-corrected chi connectivity index (χ3v) is 5.91. The molecule has 0 saturated heterocycles. The van der Waals surface area contributed by atoms with E-state index in [9.17, 15) is 4.79 Å². The highest BCUT2D eigenvalue weighted by Gasteiger charge is 2.08. The second-order valence-electron chi connectivity index (χ2n) is 7.60. The second kappa shape index (κ2) is 10.9. The van der Waals surface area contributed by atoms with Crippen molar-refractivity contribution < 1.29 is 9.53 Å². The van der Waals surface area contributed by atoms with Crippen molar-refractivity contribution in [2.75, 3.05) is 13.2 Å². The molecule has 0 heterocycles. The predicted octanol–water partition coefficient (Wildman–Crippen LogP) is 6.22. The van der Waals surface area contributed by atoms with Gasteiger partial charge in [0, 0.05) is 16.2 Å². The van der Waals surface area contributed by atoms with Crippen molar-refractivity contribution in [3.8, 4) is 5.75 Å². The Kier molecular flexibility index (Phi) is 7.97. The van der Waals surface area contributed by atoms with Crippen molar-refractivity contribution in [1.82, 2.24) is 5.32 Å². The Balaban J connectivity index is 1.44. The quantitative estimate of drug-likeness (QED) is 0.330. The maximum absolute atomic E-state index is 12.4. The molecule has 4 heteroatoms. The van der Waals surface area contributed by atoms with Gasteiger partial charge < -0.3 is 10.1 Å². The molecule has 0 atom stereocenters. The van der Waals surface area contributed by atoms with Gasteiger partial charge in [0.05, 0.1) is 6.54 Å². The third-order valence-electron chi connectivity index (χ3n) is 4.83. The zero-order valence-corrected chi connectivity index (χ0v) is 18.7. The van der Waals surface area contributed by atoms with E-state index in [1.807, 2.05) is 42.5 Å². The summed E-state index contributed by atoms with van der Waals surface area (Å²) in [6.07, 6.45) is 0. The van der Waals surface area contributed by atoms with Crippen molar-refractivity contribution in [3.05, 3.63) is 95.1 Å². The molecular weight excluding hydrogens is 390 g/mol. The van der Waals surface area contributed by atoms with E-state index in [-0.39, 0.29) is 5.91 Å². The molecule has 0 bridgehead atoms. The number of aryl methyl sites for hydroxylation is 1. The molecule has 3 rings (SSSR count). The Labute approximate surface area is 183 Å². The topological polar surface area (TPSA) is 38.3 Å². The van der Waals surface area contributed by atoms with Crippen LogP contribution in [0.5, 0.6) is 5.75 Å². The van der Waals surface area contributed by atoms with Crippen LogP contribution in [0.2, 0.25) is 0 Å². The van der Waals surface area contributed by atoms with E-state index in [0.717, 1.165) is 11.5 Å². The van der Waals surface area contributed by atoms with Gasteiger partial charge in [-0.3, -0.25) is 4.79 Å². The van der Waals surface area contributed by atoms with Gasteiger partial charge in [-0.05, 0) is 54.3 Å². The van der Waals surface area contributed by atoms with Crippen molar-refractivity contribution in [1.29, 1.82) is 0 Å². The van der Waals surface area contributed by atoms with Crippen molar-refractivity contribution in [2.24, 2.45) is 0 Å². The lowest BCUT2D eigenvalue weighted by atomic mass is 10.0. The normalized spacial score (nSPS) is 10.8. The van der Waals surface area contributed by atoms with Crippen LogP contribution in [-0.2, 0) is 5.75 Å². The highest BCUT2D eigenvalue weighted by Crippen LogP contribution is 2.26. The van der Waals surface area contributed by atoms with Gasteiger partial charge >= 0.3 is 0 Å². The summed E-state index contributed by atoms with van der Waals surface area (Å²) in [5, 5.41) is 2.93. The van der Waals surface area contributed by atoms with E-state index in [4.69, 9.17) is 4.74 Å². The van der Waals surface area contributed by atoms with Gasteiger partial charge in [-0.1, -0.05) is 61.9 Å². The van der Waals surface area contributed by atoms with Gasteiger partial charge in [-0.15, -0.1) is 11.8 Å². The molecule has 0 aliphatic rings. The van der Waals surface area contributed by atoms with E-state index in [1.165, 1.54) is 21.6 Å². The molecule has 3 nitrogen and oxygen atoms in total. The van der Waals surface area contributed by atoms with Gasteiger partial charge in [-0.2, -0.15) is 0 Å². The first-order valence-electron chi connectivity index (χ1n) is 10.3. The van der Waals surface area contributed by atoms with Crippen LogP contribution >= 0.6 is 11.8 Å². The summed E-state index contributed by atoms with van der Waals surface area (Å²) < 4.78 is 5.87. The Bertz CT molecular complexity index is 950. The standard InChI is InChI=1S/C26H29NO2S/c1-19(2)24-6-4-5-7-25(24)29-17-16-27-26(28)22-12-10-21(11-13-22)18-30-23-14-8-20(3)9-15-23/h4-15,19H,16-18H2,1-3H3,(H,27,28). The predicted molar refractivity (Wildman–Crippen MR) is 126 cm³/mol. The number of amides is 1. The van der Waals surface area contributed by atoms with Crippen molar-refractivity contribution in [2.45, 2.75) is 37.3 Å². The van der Waals surface area contributed by atoms with Crippen LogP contribution in [-0.4, -0.2) is 19.1 Å². The second-order valence-corrected chi connectivity index (χ2v) is 8.64. The number of benzene rings is 3. The lowest BCUT2D eigenvalue weighted by molar-refractivity contribution is 0.0947. The Morgan fingerprint density at radius 2 is 1.67 bits per heavy atom. The summed E-state index contributed by atoms with van der Waals surface area (Å²) in [5.41, 5.74) is 4.32. The molecular formula is C26H29NO2S. The molecule has 156 valence electrons. The Hall–Kier alpha value is -2.72. The maximum atomic E-state index is 12.4. The minimum Gasteiger partial charge on any atom is -0.491 e.